The Morgan fingerprint density at radius 3 is 1.85 bits per heavy atom. The SMILES string of the molecule is CC(C)C(=O)[C@H]1CC2(C1)C[C@H](N1CCC(N3CCN(C(C)C)CC3)CC1)C2. The molecule has 2 saturated heterocycles. The van der Waals surface area contributed by atoms with Crippen LogP contribution in [0.5, 0.6) is 0 Å². The van der Waals surface area contributed by atoms with E-state index >= 15 is 0 Å². The first kappa shape index (κ1) is 19.8. The number of Topliss-reactive ketones (excluding diaryl/α,β-unsaturated/α-hetero) is 1. The highest BCUT2D eigenvalue weighted by Crippen LogP contribution is 2.60. The Kier molecular flexibility index (Phi) is 5.70. The van der Waals surface area contributed by atoms with E-state index in [2.05, 4.69) is 42.4 Å². The van der Waals surface area contributed by atoms with Crippen LogP contribution in [0.15, 0.2) is 0 Å². The molecule has 0 aromatic carbocycles. The van der Waals surface area contributed by atoms with Crippen LogP contribution in [0.4, 0.5) is 0 Å². The summed E-state index contributed by atoms with van der Waals surface area (Å²) < 4.78 is 0. The van der Waals surface area contributed by atoms with Gasteiger partial charge in [0.05, 0.1) is 0 Å². The van der Waals surface area contributed by atoms with Crippen molar-refractivity contribution in [1.29, 1.82) is 0 Å². The third kappa shape index (κ3) is 4.00. The minimum Gasteiger partial charge on any atom is -0.300 e. The quantitative estimate of drug-likeness (QED) is 0.737. The van der Waals surface area contributed by atoms with Gasteiger partial charge >= 0.3 is 0 Å². The topological polar surface area (TPSA) is 26.8 Å². The van der Waals surface area contributed by atoms with Gasteiger partial charge in [-0.05, 0) is 70.9 Å². The van der Waals surface area contributed by atoms with Crippen molar-refractivity contribution >= 4 is 5.78 Å². The number of hydrogen-bond donors (Lipinski definition) is 0. The third-order valence-electron chi connectivity index (χ3n) is 8.28. The number of hydrogen-bond acceptors (Lipinski definition) is 4. The van der Waals surface area contributed by atoms with Crippen LogP contribution in [0.2, 0.25) is 0 Å². The predicted octanol–water partition coefficient (Wildman–Crippen LogP) is 3.26. The number of ketones is 1. The molecule has 4 heteroatoms. The Morgan fingerprint density at radius 2 is 1.33 bits per heavy atom. The number of likely N-dealkylation sites (tertiary alicyclic amines) is 1. The summed E-state index contributed by atoms with van der Waals surface area (Å²) in [6.45, 7) is 16.4. The van der Waals surface area contributed by atoms with Gasteiger partial charge in [-0.25, -0.2) is 0 Å². The second-order valence-corrected chi connectivity index (χ2v) is 10.7. The monoisotopic (exact) mass is 375 g/mol. The first-order valence-corrected chi connectivity index (χ1v) is 11.6. The molecule has 0 aromatic rings. The van der Waals surface area contributed by atoms with Gasteiger partial charge in [0.25, 0.3) is 0 Å². The lowest BCUT2D eigenvalue weighted by molar-refractivity contribution is -0.144. The zero-order valence-corrected chi connectivity index (χ0v) is 18.1. The minimum atomic E-state index is 0.227. The van der Waals surface area contributed by atoms with Crippen molar-refractivity contribution in [3.05, 3.63) is 0 Å². The van der Waals surface area contributed by atoms with E-state index in [-0.39, 0.29) is 5.92 Å². The Morgan fingerprint density at radius 1 is 0.778 bits per heavy atom. The standard InChI is InChI=1S/C23H41N3O/c1-17(2)22(27)19-13-23(14-19)15-21(16-23)25-7-5-20(6-8-25)26-11-9-24(10-12-26)18(3)4/h17-21H,5-16H2,1-4H3/t19-,21-,23?. The van der Waals surface area contributed by atoms with Crippen LogP contribution >= 0.6 is 0 Å². The van der Waals surface area contributed by atoms with Crippen LogP contribution in [0, 0.1) is 17.3 Å². The van der Waals surface area contributed by atoms with Crippen LogP contribution in [0.1, 0.15) is 66.2 Å². The normalized spacial score (nSPS) is 37.0. The summed E-state index contributed by atoms with van der Waals surface area (Å²) in [5.41, 5.74) is 0.559. The van der Waals surface area contributed by atoms with Crippen molar-refractivity contribution in [2.24, 2.45) is 17.3 Å². The van der Waals surface area contributed by atoms with Gasteiger partial charge < -0.3 is 4.90 Å². The predicted molar refractivity (Wildman–Crippen MR) is 111 cm³/mol. The van der Waals surface area contributed by atoms with E-state index < -0.39 is 0 Å². The van der Waals surface area contributed by atoms with E-state index in [1.54, 1.807) is 0 Å². The van der Waals surface area contributed by atoms with Crippen molar-refractivity contribution in [3.8, 4) is 0 Å². The molecule has 0 aromatic heterocycles. The second kappa shape index (κ2) is 7.76. The molecule has 0 N–H and O–H groups in total. The molecule has 2 aliphatic carbocycles. The fraction of sp³-hybridized carbons (Fsp3) is 0.957. The van der Waals surface area contributed by atoms with Crippen molar-refractivity contribution in [1.82, 2.24) is 14.7 Å². The Labute approximate surface area is 166 Å². The fourth-order valence-corrected chi connectivity index (χ4v) is 6.42. The van der Waals surface area contributed by atoms with E-state index in [4.69, 9.17) is 0 Å². The van der Waals surface area contributed by atoms with E-state index in [1.807, 2.05) is 0 Å². The maximum absolute atomic E-state index is 12.2. The molecule has 0 radical (unpaired) electrons. The maximum Gasteiger partial charge on any atom is 0.138 e. The smallest absolute Gasteiger partial charge is 0.138 e. The Bertz CT molecular complexity index is 516. The summed E-state index contributed by atoms with van der Waals surface area (Å²) in [7, 11) is 0. The minimum absolute atomic E-state index is 0.227. The average Bonchev–Trinajstić information content (AvgIpc) is 2.59. The molecular weight excluding hydrogens is 334 g/mol. The van der Waals surface area contributed by atoms with Crippen LogP contribution in [-0.2, 0) is 4.79 Å². The summed E-state index contributed by atoms with van der Waals surface area (Å²) in [6.07, 6.45) is 7.84. The van der Waals surface area contributed by atoms with Crippen LogP contribution in [-0.4, -0.2) is 77.9 Å². The number of nitrogens with zero attached hydrogens (tertiary/aromatic N) is 3. The third-order valence-corrected chi connectivity index (χ3v) is 8.28. The van der Waals surface area contributed by atoms with E-state index in [1.165, 1.54) is 77.8 Å². The van der Waals surface area contributed by atoms with E-state index in [0.29, 0.717) is 23.2 Å². The van der Waals surface area contributed by atoms with Crippen molar-refractivity contribution in [2.45, 2.75) is 84.3 Å². The van der Waals surface area contributed by atoms with Gasteiger partial charge in [0.15, 0.2) is 0 Å². The molecule has 2 saturated carbocycles. The highest BCUT2D eigenvalue weighted by molar-refractivity contribution is 5.83. The Hall–Kier alpha value is -0.450. The Balaban J connectivity index is 1.16. The van der Waals surface area contributed by atoms with Crippen LogP contribution in [0.3, 0.4) is 0 Å². The largest absolute Gasteiger partial charge is 0.300 e. The molecule has 4 fully saturated rings. The highest BCUT2D eigenvalue weighted by atomic mass is 16.1. The molecule has 4 rings (SSSR count). The van der Waals surface area contributed by atoms with Crippen LogP contribution < -0.4 is 0 Å². The average molecular weight is 376 g/mol. The fourth-order valence-electron chi connectivity index (χ4n) is 6.42. The van der Waals surface area contributed by atoms with Crippen molar-refractivity contribution < 1.29 is 4.79 Å². The molecular formula is C23H41N3O. The number of carbonyl (C=O) groups excluding carboxylic acids is 1. The molecule has 4 nitrogen and oxygen atoms in total. The lowest BCUT2D eigenvalue weighted by atomic mass is 9.48. The first-order chi connectivity index (χ1) is 12.9. The molecule has 2 aliphatic heterocycles. The molecule has 0 bridgehead atoms. The number of rotatable bonds is 5. The van der Waals surface area contributed by atoms with Gasteiger partial charge in [0.2, 0.25) is 0 Å². The summed E-state index contributed by atoms with van der Waals surface area (Å²) in [5, 5.41) is 0. The van der Waals surface area contributed by atoms with E-state index in [9.17, 15) is 4.79 Å². The van der Waals surface area contributed by atoms with Gasteiger partial charge in [0, 0.05) is 56.1 Å². The van der Waals surface area contributed by atoms with Crippen LogP contribution in [0.25, 0.3) is 0 Å². The van der Waals surface area contributed by atoms with Gasteiger partial charge in [-0.15, -0.1) is 0 Å². The lowest BCUT2D eigenvalue weighted by Gasteiger charge is -2.60. The second-order valence-electron chi connectivity index (χ2n) is 10.7. The lowest BCUT2D eigenvalue weighted by Crippen LogP contribution is -2.60. The van der Waals surface area contributed by atoms with E-state index in [0.717, 1.165) is 12.1 Å². The zero-order chi connectivity index (χ0) is 19.2. The summed E-state index contributed by atoms with van der Waals surface area (Å²) in [6, 6.07) is 2.34. The molecule has 154 valence electrons. The van der Waals surface area contributed by atoms with Gasteiger partial charge in [-0.3, -0.25) is 14.6 Å². The number of piperazine rings is 1. The first-order valence-electron chi connectivity index (χ1n) is 11.6. The molecule has 2 heterocycles. The molecule has 27 heavy (non-hydrogen) atoms. The number of piperidine rings is 1. The summed E-state index contributed by atoms with van der Waals surface area (Å²) in [5.74, 6) is 1.13. The van der Waals surface area contributed by atoms with Gasteiger partial charge in [-0.2, -0.15) is 0 Å². The maximum atomic E-state index is 12.2. The molecule has 0 unspecified atom stereocenters. The van der Waals surface area contributed by atoms with Gasteiger partial charge in [-0.1, -0.05) is 13.8 Å². The molecule has 1 spiro atoms. The summed E-state index contributed by atoms with van der Waals surface area (Å²) >= 11 is 0. The van der Waals surface area contributed by atoms with Gasteiger partial charge in [0.1, 0.15) is 5.78 Å². The van der Waals surface area contributed by atoms with Crippen molar-refractivity contribution in [3.63, 3.8) is 0 Å². The van der Waals surface area contributed by atoms with Crippen molar-refractivity contribution in [2.75, 3.05) is 39.3 Å². The molecule has 4 aliphatic rings. The molecule has 0 atom stereocenters. The number of carbonyl (C=O) groups is 1. The summed E-state index contributed by atoms with van der Waals surface area (Å²) in [4.78, 5) is 20.3. The molecule has 0 amide bonds. The highest BCUT2D eigenvalue weighted by Gasteiger charge is 2.56. The zero-order valence-electron chi connectivity index (χ0n) is 18.1.